The molecule has 0 unspecified atom stereocenters. The fraction of sp³-hybridized carbons (Fsp3) is 0.731. The van der Waals surface area contributed by atoms with Crippen molar-refractivity contribution in [1.82, 2.24) is 0 Å². The zero-order chi connectivity index (χ0) is 26.8. The van der Waals surface area contributed by atoms with Crippen LogP contribution in [0, 0.1) is 0 Å². The van der Waals surface area contributed by atoms with Crippen molar-refractivity contribution < 1.29 is 37.1 Å². The Hall–Kier alpha value is -1.12. The first kappa shape index (κ1) is 29.4. The summed E-state index contributed by atoms with van der Waals surface area (Å²) in [5.41, 5.74) is 0.906. The lowest BCUT2D eigenvalue weighted by atomic mass is 9.99. The molecule has 2 fully saturated rings. The molecule has 1 N–H and O–H groups in total. The third kappa shape index (κ3) is 5.51. The quantitative estimate of drug-likeness (QED) is 0.386. The molecule has 8 nitrogen and oxygen atoms in total. The summed E-state index contributed by atoms with van der Waals surface area (Å²) >= 11 is 0. The molecule has 3 rings (SSSR count). The number of esters is 1. The Labute approximate surface area is 218 Å². The van der Waals surface area contributed by atoms with Gasteiger partial charge in [0.2, 0.25) is 0 Å². The van der Waals surface area contributed by atoms with Crippen molar-refractivity contribution in [2.45, 2.75) is 108 Å². The van der Waals surface area contributed by atoms with Gasteiger partial charge in [0, 0.05) is 7.11 Å². The fourth-order valence-electron chi connectivity index (χ4n) is 5.40. The Morgan fingerprint density at radius 3 is 2.00 bits per heavy atom. The highest BCUT2D eigenvalue weighted by Gasteiger charge is 2.62. The molecule has 0 bridgehead atoms. The van der Waals surface area contributed by atoms with Crippen molar-refractivity contribution in [2.75, 3.05) is 13.7 Å². The van der Waals surface area contributed by atoms with Crippen molar-refractivity contribution in [3.8, 4) is 0 Å². The first-order chi connectivity index (χ1) is 16.9. The number of carbonyl (C=O) groups is 1. The van der Waals surface area contributed by atoms with E-state index < -0.39 is 53.8 Å². The standard InChI is InChI=1S/C26H44O8Si2/c1-16(2)35(17(3)4)30-15-21-23(33-36(34-35,18(5)6)19(7)8)24(22(27)26(29-9)31-21)32-25(28)20-13-11-10-12-14-20/h10-14,16-19,21-24,26-27H,15H2,1-9H3/t21-,22+,23-,24-,26+/m1/s1. The summed E-state index contributed by atoms with van der Waals surface area (Å²) in [4.78, 5) is 13.1. The number of methoxy groups -OCH3 is 1. The molecule has 0 aromatic heterocycles. The van der Waals surface area contributed by atoms with Crippen LogP contribution in [0.15, 0.2) is 30.3 Å². The van der Waals surface area contributed by atoms with Gasteiger partial charge in [-0.25, -0.2) is 4.79 Å². The molecule has 5 atom stereocenters. The number of benzene rings is 1. The van der Waals surface area contributed by atoms with Gasteiger partial charge >= 0.3 is 23.1 Å². The molecule has 0 amide bonds. The van der Waals surface area contributed by atoms with Gasteiger partial charge in [-0.05, 0) is 34.3 Å². The number of ether oxygens (including phenoxy) is 3. The normalized spacial score (nSPS) is 30.2. The monoisotopic (exact) mass is 540 g/mol. The van der Waals surface area contributed by atoms with E-state index in [-0.39, 0.29) is 28.8 Å². The van der Waals surface area contributed by atoms with Crippen LogP contribution >= 0.6 is 0 Å². The van der Waals surface area contributed by atoms with Gasteiger partial charge in [0.15, 0.2) is 12.4 Å². The maximum absolute atomic E-state index is 13.1. The van der Waals surface area contributed by atoms with Gasteiger partial charge in [0.1, 0.15) is 18.3 Å². The van der Waals surface area contributed by atoms with Crippen LogP contribution in [0.25, 0.3) is 0 Å². The Morgan fingerprint density at radius 2 is 1.50 bits per heavy atom. The molecule has 10 heteroatoms. The van der Waals surface area contributed by atoms with E-state index in [9.17, 15) is 9.90 Å². The summed E-state index contributed by atoms with van der Waals surface area (Å²) in [7, 11) is -4.32. The SMILES string of the molecule is CO[C@H]1O[C@@H]2CO[Si](C(C)C)(C(C)C)O[Si](C(C)C)(C(C)C)O[C@H]2[C@H](OC(=O)c2ccccc2)[C@@H]1O. The van der Waals surface area contributed by atoms with Crippen molar-refractivity contribution in [1.29, 1.82) is 0 Å². The van der Waals surface area contributed by atoms with Gasteiger partial charge in [-0.2, -0.15) is 0 Å². The Balaban J connectivity index is 2.08. The van der Waals surface area contributed by atoms with E-state index in [0.717, 1.165) is 0 Å². The van der Waals surface area contributed by atoms with Crippen LogP contribution < -0.4 is 0 Å². The molecule has 0 radical (unpaired) electrons. The molecule has 1 aromatic carbocycles. The van der Waals surface area contributed by atoms with Crippen LogP contribution in [0.4, 0.5) is 0 Å². The zero-order valence-corrected chi connectivity index (χ0v) is 25.1. The number of carbonyl (C=O) groups excluding carboxylic acids is 1. The van der Waals surface area contributed by atoms with Gasteiger partial charge in [-0.1, -0.05) is 73.6 Å². The van der Waals surface area contributed by atoms with Crippen LogP contribution in [0.2, 0.25) is 22.2 Å². The minimum atomic E-state index is -3.01. The highest BCUT2D eigenvalue weighted by atomic mass is 28.5. The predicted molar refractivity (Wildman–Crippen MR) is 141 cm³/mol. The predicted octanol–water partition coefficient (Wildman–Crippen LogP) is 4.90. The number of fused-ring (bicyclic) bond motifs is 1. The molecule has 2 saturated heterocycles. The number of aliphatic hydroxyl groups excluding tert-OH is 1. The molecule has 36 heavy (non-hydrogen) atoms. The van der Waals surface area contributed by atoms with E-state index in [4.69, 9.17) is 27.2 Å². The van der Waals surface area contributed by atoms with E-state index in [1.807, 2.05) is 6.07 Å². The van der Waals surface area contributed by atoms with Gasteiger partial charge in [0.05, 0.1) is 12.2 Å². The van der Waals surface area contributed by atoms with E-state index >= 15 is 0 Å². The summed E-state index contributed by atoms with van der Waals surface area (Å²) in [6.07, 6.45) is -4.64. The topological polar surface area (TPSA) is 92.7 Å². The first-order valence-electron chi connectivity index (χ1n) is 13.0. The third-order valence-electron chi connectivity index (χ3n) is 7.43. The summed E-state index contributed by atoms with van der Waals surface area (Å²) in [6.45, 7) is 17.3. The lowest BCUT2D eigenvalue weighted by molar-refractivity contribution is -0.293. The smallest absolute Gasteiger partial charge is 0.338 e. The van der Waals surface area contributed by atoms with Crippen molar-refractivity contribution in [3.05, 3.63) is 35.9 Å². The highest BCUT2D eigenvalue weighted by Crippen LogP contribution is 2.47. The lowest BCUT2D eigenvalue weighted by Crippen LogP contribution is -2.70. The first-order valence-corrected chi connectivity index (χ1v) is 17.0. The summed E-state index contributed by atoms with van der Waals surface area (Å²) in [5, 5.41) is 11.2. The number of hydrogen-bond donors (Lipinski definition) is 1. The Kier molecular flexibility index (Phi) is 9.59. The van der Waals surface area contributed by atoms with E-state index in [0.29, 0.717) is 5.56 Å². The van der Waals surface area contributed by atoms with Crippen LogP contribution in [-0.2, 0) is 27.2 Å². The Bertz CT molecular complexity index is 847. The summed E-state index contributed by atoms with van der Waals surface area (Å²) in [5.74, 6) is -0.544. The molecule has 0 aliphatic carbocycles. The van der Waals surface area contributed by atoms with Crippen LogP contribution in [0.1, 0.15) is 65.7 Å². The maximum atomic E-state index is 13.1. The summed E-state index contributed by atoms with van der Waals surface area (Å²) < 4.78 is 38.6. The third-order valence-corrected chi connectivity index (χ3v) is 17.7. The molecular formula is C26H44O8Si2. The minimum absolute atomic E-state index is 0.0759. The second kappa shape index (κ2) is 11.7. The molecular weight excluding hydrogens is 496 g/mol. The fourth-order valence-corrected chi connectivity index (χ4v) is 16.6. The van der Waals surface area contributed by atoms with Crippen molar-refractivity contribution >= 4 is 23.1 Å². The maximum Gasteiger partial charge on any atom is 0.338 e. The average molecular weight is 541 g/mol. The van der Waals surface area contributed by atoms with Crippen molar-refractivity contribution in [2.24, 2.45) is 0 Å². The lowest BCUT2D eigenvalue weighted by Gasteiger charge is -2.54. The Morgan fingerprint density at radius 1 is 0.944 bits per heavy atom. The average Bonchev–Trinajstić information content (AvgIpc) is 2.81. The van der Waals surface area contributed by atoms with E-state index in [2.05, 4.69) is 55.4 Å². The molecule has 2 heterocycles. The molecule has 0 spiro atoms. The summed E-state index contributed by atoms with van der Waals surface area (Å²) in [6, 6.07) is 8.72. The van der Waals surface area contributed by atoms with Gasteiger partial charge in [0.25, 0.3) is 0 Å². The number of rotatable bonds is 7. The molecule has 2 aliphatic rings. The van der Waals surface area contributed by atoms with Crippen LogP contribution in [-0.4, -0.2) is 72.6 Å². The largest absolute Gasteiger partial charge is 0.453 e. The number of aliphatic hydroxyl groups is 1. The highest BCUT2D eigenvalue weighted by molar-refractivity contribution is 6.84. The molecule has 1 aromatic rings. The van der Waals surface area contributed by atoms with Gasteiger partial charge in [-0.3, -0.25) is 0 Å². The second-order valence-corrected chi connectivity index (χ2v) is 19.9. The van der Waals surface area contributed by atoms with E-state index in [1.54, 1.807) is 24.3 Å². The van der Waals surface area contributed by atoms with Crippen LogP contribution in [0.5, 0.6) is 0 Å². The number of hydrogen-bond acceptors (Lipinski definition) is 8. The molecule has 2 aliphatic heterocycles. The van der Waals surface area contributed by atoms with Gasteiger partial charge < -0.3 is 32.3 Å². The van der Waals surface area contributed by atoms with Crippen molar-refractivity contribution in [3.63, 3.8) is 0 Å². The zero-order valence-electron chi connectivity index (χ0n) is 23.1. The van der Waals surface area contributed by atoms with Crippen LogP contribution in [0.3, 0.4) is 0 Å². The second-order valence-electron chi connectivity index (χ2n) is 11.1. The minimum Gasteiger partial charge on any atom is -0.453 e. The van der Waals surface area contributed by atoms with E-state index in [1.165, 1.54) is 7.11 Å². The van der Waals surface area contributed by atoms with Gasteiger partial charge in [-0.15, -0.1) is 0 Å². The molecule has 204 valence electrons. The molecule has 0 saturated carbocycles.